The van der Waals surface area contributed by atoms with Crippen LogP contribution >= 0.6 is 24.0 Å². The Morgan fingerprint density at radius 1 is 1.18 bits per heavy atom. The van der Waals surface area contributed by atoms with E-state index in [4.69, 9.17) is 12.2 Å². The number of aromatic amines is 1. The monoisotopic (exact) mass is 336 g/mol. The van der Waals surface area contributed by atoms with Gasteiger partial charge in [-0.25, -0.2) is 0 Å². The number of hydrogen-bond donors (Lipinski definition) is 1. The van der Waals surface area contributed by atoms with Gasteiger partial charge in [-0.1, -0.05) is 11.8 Å². The molecule has 0 saturated heterocycles. The Labute approximate surface area is 134 Å². The van der Waals surface area contributed by atoms with Crippen LogP contribution in [0.25, 0.3) is 17.1 Å². The van der Waals surface area contributed by atoms with E-state index in [0.29, 0.717) is 27.3 Å². The molecular weight excluding hydrogens is 326 g/mol. The molecule has 22 heavy (non-hydrogen) atoms. The minimum Gasteiger partial charge on any atom is -0.268 e. The largest absolute Gasteiger partial charge is 0.288 e. The third kappa shape index (κ3) is 3.07. The molecule has 2 heterocycles. The summed E-state index contributed by atoms with van der Waals surface area (Å²) < 4.78 is 26.9. The highest BCUT2D eigenvalue weighted by molar-refractivity contribution is 7.99. The highest BCUT2D eigenvalue weighted by Gasteiger charge is 2.11. The zero-order valence-corrected chi connectivity index (χ0v) is 12.7. The lowest BCUT2D eigenvalue weighted by molar-refractivity contribution is 0.252. The van der Waals surface area contributed by atoms with E-state index in [1.807, 2.05) is 6.07 Å². The number of rotatable bonds is 4. The van der Waals surface area contributed by atoms with Crippen molar-refractivity contribution in [3.8, 4) is 17.1 Å². The van der Waals surface area contributed by atoms with Gasteiger partial charge in [-0.05, 0) is 48.6 Å². The van der Waals surface area contributed by atoms with Crippen LogP contribution < -0.4 is 0 Å². The molecule has 0 bridgehead atoms. The first-order valence-electron chi connectivity index (χ1n) is 6.28. The molecule has 8 heteroatoms. The molecule has 0 fully saturated rings. The SMILES string of the molecule is FC(F)Sc1ccc(-n2c(-c3cccnc3)n[nH]c2=S)cc1. The predicted molar refractivity (Wildman–Crippen MR) is 83.8 cm³/mol. The molecule has 0 unspecified atom stereocenters. The van der Waals surface area contributed by atoms with Crippen molar-refractivity contribution in [3.05, 3.63) is 53.6 Å². The van der Waals surface area contributed by atoms with Crippen molar-refractivity contribution in [1.82, 2.24) is 19.7 Å². The first-order valence-corrected chi connectivity index (χ1v) is 7.57. The minimum atomic E-state index is -2.44. The summed E-state index contributed by atoms with van der Waals surface area (Å²) in [7, 11) is 0. The molecule has 0 aliphatic carbocycles. The second-order valence-electron chi connectivity index (χ2n) is 4.30. The molecule has 0 spiro atoms. The molecule has 112 valence electrons. The molecule has 3 rings (SSSR count). The van der Waals surface area contributed by atoms with Crippen LogP contribution in [0.2, 0.25) is 0 Å². The van der Waals surface area contributed by atoms with Crippen molar-refractivity contribution in [2.24, 2.45) is 0 Å². The van der Waals surface area contributed by atoms with Crippen molar-refractivity contribution >= 4 is 24.0 Å². The van der Waals surface area contributed by atoms with E-state index in [1.54, 1.807) is 47.3 Å². The molecule has 2 aromatic heterocycles. The van der Waals surface area contributed by atoms with E-state index in [1.165, 1.54) is 0 Å². The third-order valence-electron chi connectivity index (χ3n) is 2.91. The maximum atomic E-state index is 12.4. The topological polar surface area (TPSA) is 46.5 Å². The first kappa shape index (κ1) is 14.9. The van der Waals surface area contributed by atoms with Crippen molar-refractivity contribution in [1.29, 1.82) is 0 Å². The molecule has 0 saturated carbocycles. The smallest absolute Gasteiger partial charge is 0.268 e. The Balaban J connectivity index is 2.02. The number of H-pyrrole nitrogens is 1. The quantitative estimate of drug-likeness (QED) is 0.570. The van der Waals surface area contributed by atoms with Crippen LogP contribution in [0.4, 0.5) is 8.78 Å². The van der Waals surface area contributed by atoms with Gasteiger partial charge >= 0.3 is 0 Å². The lowest BCUT2D eigenvalue weighted by Gasteiger charge is -2.07. The summed E-state index contributed by atoms with van der Waals surface area (Å²) in [6.45, 7) is 0. The normalized spacial score (nSPS) is 11.0. The highest BCUT2D eigenvalue weighted by atomic mass is 32.2. The summed E-state index contributed by atoms with van der Waals surface area (Å²) in [6.07, 6.45) is 3.36. The van der Waals surface area contributed by atoms with Crippen LogP contribution in [0, 0.1) is 4.77 Å². The van der Waals surface area contributed by atoms with Crippen molar-refractivity contribution in [3.63, 3.8) is 0 Å². The van der Waals surface area contributed by atoms with Gasteiger partial charge in [-0.15, -0.1) is 0 Å². The van der Waals surface area contributed by atoms with Gasteiger partial charge in [0.1, 0.15) is 0 Å². The second-order valence-corrected chi connectivity index (χ2v) is 5.75. The molecule has 0 aliphatic heterocycles. The van der Waals surface area contributed by atoms with Gasteiger partial charge in [-0.3, -0.25) is 14.6 Å². The predicted octanol–water partition coefficient (Wildman–Crippen LogP) is 4.31. The number of thioether (sulfide) groups is 1. The van der Waals surface area contributed by atoms with E-state index in [-0.39, 0.29) is 0 Å². The van der Waals surface area contributed by atoms with E-state index < -0.39 is 5.76 Å². The summed E-state index contributed by atoms with van der Waals surface area (Å²) in [5.41, 5.74) is 1.55. The lowest BCUT2D eigenvalue weighted by atomic mass is 10.2. The lowest BCUT2D eigenvalue weighted by Crippen LogP contribution is -1.98. The molecule has 0 amide bonds. The fourth-order valence-electron chi connectivity index (χ4n) is 2.00. The minimum absolute atomic E-state index is 0.424. The molecule has 0 radical (unpaired) electrons. The molecule has 0 aliphatic rings. The fourth-order valence-corrected chi connectivity index (χ4v) is 2.74. The van der Waals surface area contributed by atoms with Crippen LogP contribution in [-0.2, 0) is 0 Å². The van der Waals surface area contributed by atoms with Crippen LogP contribution in [0.1, 0.15) is 0 Å². The number of benzene rings is 1. The molecule has 0 atom stereocenters. The Hall–Kier alpha value is -2.06. The number of nitrogens with one attached hydrogen (secondary N) is 1. The van der Waals surface area contributed by atoms with Crippen LogP contribution in [0.3, 0.4) is 0 Å². The van der Waals surface area contributed by atoms with Gasteiger partial charge in [-0.2, -0.15) is 13.9 Å². The Morgan fingerprint density at radius 2 is 1.95 bits per heavy atom. The third-order valence-corrected chi connectivity index (χ3v) is 3.91. The average molecular weight is 336 g/mol. The number of pyridine rings is 1. The second kappa shape index (κ2) is 6.37. The van der Waals surface area contributed by atoms with E-state index in [2.05, 4.69) is 15.2 Å². The number of aromatic nitrogens is 4. The summed E-state index contributed by atoms with van der Waals surface area (Å²) in [5, 5.41) is 6.96. The van der Waals surface area contributed by atoms with E-state index >= 15 is 0 Å². The van der Waals surface area contributed by atoms with Crippen molar-refractivity contribution < 1.29 is 8.78 Å². The number of halogens is 2. The van der Waals surface area contributed by atoms with Gasteiger partial charge in [0, 0.05) is 22.9 Å². The Morgan fingerprint density at radius 3 is 2.59 bits per heavy atom. The van der Waals surface area contributed by atoms with Crippen molar-refractivity contribution in [2.45, 2.75) is 10.7 Å². The fraction of sp³-hybridized carbons (Fsp3) is 0.0714. The highest BCUT2D eigenvalue weighted by Crippen LogP contribution is 2.27. The van der Waals surface area contributed by atoms with Gasteiger partial charge in [0.25, 0.3) is 5.76 Å². The molecule has 1 N–H and O–H groups in total. The summed E-state index contributed by atoms with van der Waals surface area (Å²) in [5.74, 6) is -1.82. The van der Waals surface area contributed by atoms with Gasteiger partial charge < -0.3 is 0 Å². The van der Waals surface area contributed by atoms with Crippen molar-refractivity contribution in [2.75, 3.05) is 0 Å². The Kier molecular flexibility index (Phi) is 4.30. The molecular formula is C14H10F2N4S2. The molecule has 1 aromatic carbocycles. The zero-order chi connectivity index (χ0) is 15.5. The van der Waals surface area contributed by atoms with Crippen LogP contribution in [0.5, 0.6) is 0 Å². The van der Waals surface area contributed by atoms with E-state index in [0.717, 1.165) is 11.3 Å². The number of alkyl halides is 2. The summed E-state index contributed by atoms with van der Waals surface area (Å²) in [4.78, 5) is 4.56. The maximum absolute atomic E-state index is 12.4. The molecule has 4 nitrogen and oxygen atoms in total. The van der Waals surface area contributed by atoms with Crippen LogP contribution in [0.15, 0.2) is 53.7 Å². The number of hydrogen-bond acceptors (Lipinski definition) is 4. The first-order chi connectivity index (χ1) is 10.6. The molecule has 3 aromatic rings. The zero-order valence-electron chi connectivity index (χ0n) is 11.1. The van der Waals surface area contributed by atoms with Gasteiger partial charge in [0.2, 0.25) is 0 Å². The Bertz CT molecular complexity index is 813. The number of nitrogens with zero attached hydrogens (tertiary/aromatic N) is 3. The summed E-state index contributed by atoms with van der Waals surface area (Å²) >= 11 is 5.76. The van der Waals surface area contributed by atoms with Gasteiger partial charge in [0.05, 0.1) is 5.69 Å². The van der Waals surface area contributed by atoms with Gasteiger partial charge in [0.15, 0.2) is 10.6 Å². The standard InChI is InChI=1S/C14H10F2N4S2/c15-13(16)22-11-5-3-10(4-6-11)20-12(18-19-14(20)21)9-2-1-7-17-8-9/h1-8,13H,(H,19,21). The van der Waals surface area contributed by atoms with Crippen LogP contribution in [-0.4, -0.2) is 25.5 Å². The van der Waals surface area contributed by atoms with E-state index in [9.17, 15) is 8.78 Å². The average Bonchev–Trinajstić information content (AvgIpc) is 2.90. The summed E-state index contributed by atoms with van der Waals surface area (Å²) in [6, 6.07) is 10.4. The maximum Gasteiger partial charge on any atom is 0.288 e.